The van der Waals surface area contributed by atoms with E-state index in [9.17, 15) is 14.3 Å². The zero-order chi connectivity index (χ0) is 22.9. The number of phenolic OH excluding ortho intramolecular Hbond substituents is 1. The molecule has 3 aromatic rings. The molecule has 0 saturated carbocycles. The van der Waals surface area contributed by atoms with Crippen molar-refractivity contribution in [3.05, 3.63) is 48.3 Å². The molecule has 8 heteroatoms. The number of carbonyl (C=O) groups excluding carboxylic acids is 1. The Balaban J connectivity index is 1.69. The zero-order valence-electron chi connectivity index (χ0n) is 18.5. The van der Waals surface area contributed by atoms with Gasteiger partial charge in [-0.1, -0.05) is 12.1 Å². The molecular formula is C24H27FN4O3. The number of nitrogens with zero attached hydrogens (tertiary/aromatic N) is 4. The van der Waals surface area contributed by atoms with Gasteiger partial charge in [0.15, 0.2) is 5.82 Å². The third-order valence-electron chi connectivity index (χ3n) is 5.23. The predicted molar refractivity (Wildman–Crippen MR) is 121 cm³/mol. The van der Waals surface area contributed by atoms with Gasteiger partial charge in [0.05, 0.1) is 11.1 Å². The summed E-state index contributed by atoms with van der Waals surface area (Å²) in [5.74, 6) is 0.652. The number of para-hydroxylation sites is 1. The van der Waals surface area contributed by atoms with Gasteiger partial charge in [-0.15, -0.1) is 0 Å². The highest BCUT2D eigenvalue weighted by Crippen LogP contribution is 2.32. The van der Waals surface area contributed by atoms with E-state index in [0.29, 0.717) is 60.7 Å². The molecule has 0 unspecified atom stereocenters. The molecule has 1 amide bonds. The summed E-state index contributed by atoms with van der Waals surface area (Å²) in [6.45, 7) is 7.71. The second-order valence-corrected chi connectivity index (χ2v) is 8.86. The first-order chi connectivity index (χ1) is 15.2. The smallest absolute Gasteiger partial charge is 0.410 e. The number of rotatable bonds is 2. The summed E-state index contributed by atoms with van der Waals surface area (Å²) in [6, 6.07) is 11.3. The number of fused-ring (bicyclic) bond motifs is 1. The maximum atomic E-state index is 14.1. The fourth-order valence-electron chi connectivity index (χ4n) is 3.75. The predicted octanol–water partition coefficient (Wildman–Crippen LogP) is 4.59. The average molecular weight is 439 g/mol. The molecule has 1 saturated heterocycles. The van der Waals surface area contributed by atoms with Crippen molar-refractivity contribution in [1.29, 1.82) is 0 Å². The lowest BCUT2D eigenvalue weighted by molar-refractivity contribution is 0.0263. The quantitative estimate of drug-likeness (QED) is 0.631. The highest BCUT2D eigenvalue weighted by molar-refractivity contribution is 5.91. The molecule has 0 radical (unpaired) electrons. The number of halogens is 1. The Hall–Kier alpha value is -3.42. The number of benzene rings is 2. The van der Waals surface area contributed by atoms with Crippen LogP contribution >= 0.6 is 0 Å². The fourth-order valence-corrected chi connectivity index (χ4v) is 3.75. The van der Waals surface area contributed by atoms with Gasteiger partial charge in [-0.2, -0.15) is 0 Å². The zero-order valence-corrected chi connectivity index (χ0v) is 18.5. The molecule has 7 nitrogen and oxygen atoms in total. The largest absolute Gasteiger partial charge is 0.507 e. The standard InChI is InChI=1S/C24H27FN4O3/c1-24(2,3)32-23(31)29-12-6-11-28(13-14-29)22-18-15-16(25)9-10-19(18)26-21(27-22)17-7-4-5-8-20(17)30/h4-5,7-10,15,30H,6,11-14H2,1-3H3. The fraction of sp³-hybridized carbons (Fsp3) is 0.375. The molecule has 1 aliphatic rings. The summed E-state index contributed by atoms with van der Waals surface area (Å²) in [5.41, 5.74) is 0.531. The minimum Gasteiger partial charge on any atom is -0.507 e. The normalized spacial score (nSPS) is 15.0. The topological polar surface area (TPSA) is 78.8 Å². The van der Waals surface area contributed by atoms with Crippen LogP contribution in [0.15, 0.2) is 42.5 Å². The Morgan fingerprint density at radius 1 is 1.06 bits per heavy atom. The lowest BCUT2D eigenvalue weighted by Gasteiger charge is -2.27. The molecule has 2 heterocycles. The number of phenols is 1. The minimum absolute atomic E-state index is 0.0758. The van der Waals surface area contributed by atoms with Crippen LogP contribution in [0.3, 0.4) is 0 Å². The van der Waals surface area contributed by atoms with Crippen LogP contribution < -0.4 is 4.90 Å². The number of aromatic hydroxyl groups is 1. The molecule has 0 bridgehead atoms. The van der Waals surface area contributed by atoms with Gasteiger partial charge in [0.25, 0.3) is 0 Å². The maximum Gasteiger partial charge on any atom is 0.410 e. The molecule has 1 aliphatic heterocycles. The SMILES string of the molecule is CC(C)(C)OC(=O)N1CCCN(c2nc(-c3ccccc3O)nc3ccc(F)cc23)CC1. The third-order valence-corrected chi connectivity index (χ3v) is 5.23. The highest BCUT2D eigenvalue weighted by atomic mass is 19.1. The van der Waals surface area contributed by atoms with Crippen molar-refractivity contribution in [2.45, 2.75) is 32.8 Å². The van der Waals surface area contributed by atoms with Gasteiger partial charge in [0.2, 0.25) is 0 Å². The van der Waals surface area contributed by atoms with E-state index >= 15 is 0 Å². The summed E-state index contributed by atoms with van der Waals surface area (Å²) >= 11 is 0. The van der Waals surface area contributed by atoms with E-state index in [0.717, 1.165) is 0 Å². The van der Waals surface area contributed by atoms with E-state index in [1.54, 1.807) is 35.2 Å². The number of anilines is 1. The summed E-state index contributed by atoms with van der Waals surface area (Å²) in [5, 5.41) is 10.9. The van der Waals surface area contributed by atoms with E-state index in [-0.39, 0.29) is 17.7 Å². The highest BCUT2D eigenvalue weighted by Gasteiger charge is 2.26. The van der Waals surface area contributed by atoms with E-state index in [2.05, 4.69) is 4.98 Å². The molecule has 0 atom stereocenters. The van der Waals surface area contributed by atoms with Crippen molar-refractivity contribution >= 4 is 22.8 Å². The molecule has 0 aliphatic carbocycles. The van der Waals surface area contributed by atoms with Crippen LogP contribution in [0.5, 0.6) is 5.75 Å². The van der Waals surface area contributed by atoms with Crippen LogP contribution in [-0.4, -0.2) is 57.8 Å². The van der Waals surface area contributed by atoms with E-state index in [1.165, 1.54) is 12.1 Å². The Morgan fingerprint density at radius 2 is 1.84 bits per heavy atom. The summed E-state index contributed by atoms with van der Waals surface area (Å²) in [7, 11) is 0. The Bertz CT molecular complexity index is 1150. The van der Waals surface area contributed by atoms with Crippen LogP contribution in [0.25, 0.3) is 22.3 Å². The van der Waals surface area contributed by atoms with Gasteiger partial charge >= 0.3 is 6.09 Å². The number of ether oxygens (including phenoxy) is 1. The summed E-state index contributed by atoms with van der Waals surface area (Å²) < 4.78 is 19.6. The number of aromatic nitrogens is 2. The monoisotopic (exact) mass is 438 g/mol. The van der Waals surface area contributed by atoms with Gasteiger partial charge in [0.1, 0.15) is 23.0 Å². The average Bonchev–Trinajstić information content (AvgIpc) is 2.98. The van der Waals surface area contributed by atoms with Crippen LogP contribution in [-0.2, 0) is 4.74 Å². The molecular weight excluding hydrogens is 411 g/mol. The van der Waals surface area contributed by atoms with Crippen LogP contribution in [0.2, 0.25) is 0 Å². The van der Waals surface area contributed by atoms with E-state index in [1.807, 2.05) is 25.7 Å². The second kappa shape index (κ2) is 8.61. The summed E-state index contributed by atoms with van der Waals surface area (Å²) in [6.07, 6.45) is 0.374. The van der Waals surface area contributed by atoms with Crippen LogP contribution in [0, 0.1) is 5.82 Å². The molecule has 1 fully saturated rings. The van der Waals surface area contributed by atoms with Crippen LogP contribution in [0.4, 0.5) is 15.0 Å². The van der Waals surface area contributed by atoms with E-state index in [4.69, 9.17) is 9.72 Å². The van der Waals surface area contributed by atoms with Gasteiger partial charge in [-0.05, 0) is 57.5 Å². The lowest BCUT2D eigenvalue weighted by Crippen LogP contribution is -2.39. The number of amides is 1. The molecule has 2 aromatic carbocycles. The van der Waals surface area contributed by atoms with Gasteiger partial charge < -0.3 is 19.6 Å². The first kappa shape index (κ1) is 21.8. The van der Waals surface area contributed by atoms with Crippen molar-refractivity contribution in [1.82, 2.24) is 14.9 Å². The summed E-state index contributed by atoms with van der Waals surface area (Å²) in [4.78, 5) is 25.5. The van der Waals surface area contributed by atoms with Gasteiger partial charge in [-0.3, -0.25) is 0 Å². The molecule has 1 N–H and O–H groups in total. The van der Waals surface area contributed by atoms with E-state index < -0.39 is 5.60 Å². The maximum absolute atomic E-state index is 14.1. The third kappa shape index (κ3) is 4.74. The van der Waals surface area contributed by atoms with Crippen molar-refractivity contribution in [2.24, 2.45) is 0 Å². The van der Waals surface area contributed by atoms with Gasteiger partial charge in [0, 0.05) is 31.6 Å². The molecule has 4 rings (SSSR count). The van der Waals surface area contributed by atoms with Crippen molar-refractivity contribution in [3.63, 3.8) is 0 Å². The van der Waals surface area contributed by atoms with Gasteiger partial charge in [-0.25, -0.2) is 19.2 Å². The number of hydrogen-bond donors (Lipinski definition) is 1. The lowest BCUT2D eigenvalue weighted by atomic mass is 10.1. The molecule has 0 spiro atoms. The number of carbonyl (C=O) groups is 1. The second-order valence-electron chi connectivity index (χ2n) is 8.86. The Kier molecular flexibility index (Phi) is 5.86. The Morgan fingerprint density at radius 3 is 2.59 bits per heavy atom. The Labute approximate surface area is 186 Å². The molecule has 168 valence electrons. The van der Waals surface area contributed by atoms with Crippen molar-refractivity contribution in [2.75, 3.05) is 31.1 Å². The van der Waals surface area contributed by atoms with Crippen molar-refractivity contribution < 1.29 is 19.0 Å². The van der Waals surface area contributed by atoms with Crippen LogP contribution in [0.1, 0.15) is 27.2 Å². The molecule has 32 heavy (non-hydrogen) atoms. The molecule has 1 aromatic heterocycles. The first-order valence-electron chi connectivity index (χ1n) is 10.7. The minimum atomic E-state index is -0.559. The number of hydrogen-bond acceptors (Lipinski definition) is 6. The van der Waals surface area contributed by atoms with Crippen molar-refractivity contribution in [3.8, 4) is 17.1 Å². The first-order valence-corrected chi connectivity index (χ1v) is 10.7.